The molecule has 0 amide bonds. The molecule has 0 saturated carbocycles. The topological polar surface area (TPSA) is 26.3 Å². The lowest BCUT2D eigenvalue weighted by atomic mass is 10.0. The minimum Gasteiger partial charge on any atom is -0.497 e. The van der Waals surface area contributed by atoms with Crippen molar-refractivity contribution in [3.63, 3.8) is 0 Å². The number of ether oxygens (including phenoxy) is 1. The second-order valence-electron chi connectivity index (χ2n) is 3.93. The smallest absolute Gasteiger partial charge is 0.168 e. The molecule has 0 aromatic heterocycles. The molecule has 3 heteroatoms. The molecule has 0 atom stereocenters. The van der Waals surface area contributed by atoms with Crippen LogP contribution in [0, 0.1) is 0 Å². The van der Waals surface area contributed by atoms with Gasteiger partial charge in [-0.1, -0.05) is 30.3 Å². The van der Waals surface area contributed by atoms with Crippen LogP contribution < -0.4 is 4.74 Å². The Morgan fingerprint density at radius 3 is 2.50 bits per heavy atom. The Bertz CT molecular complexity index is 550. The Morgan fingerprint density at radius 2 is 1.89 bits per heavy atom. The second-order valence-corrected chi connectivity index (χ2v) is 4.79. The Morgan fingerprint density at radius 1 is 1.17 bits per heavy atom. The van der Waals surface area contributed by atoms with Crippen LogP contribution in [-0.2, 0) is 6.42 Å². The molecule has 2 aromatic rings. The number of carbonyl (C=O) groups excluding carboxylic acids is 1. The summed E-state index contributed by atoms with van der Waals surface area (Å²) in [7, 11) is 1.60. The molecule has 0 heterocycles. The summed E-state index contributed by atoms with van der Waals surface area (Å²) in [5, 5.41) is 0. The fourth-order valence-corrected chi connectivity index (χ4v) is 2.30. The highest BCUT2D eigenvalue weighted by Gasteiger charge is 2.11. The fraction of sp³-hybridized carbons (Fsp3) is 0.133. The van der Waals surface area contributed by atoms with Crippen molar-refractivity contribution in [1.82, 2.24) is 0 Å². The second kappa shape index (κ2) is 5.83. The Hall–Kier alpha value is -1.61. The molecule has 0 spiro atoms. The minimum absolute atomic E-state index is 0.0933. The maximum Gasteiger partial charge on any atom is 0.168 e. The number of benzene rings is 2. The predicted octanol–water partition coefficient (Wildman–Crippen LogP) is 3.88. The average Bonchev–Trinajstić information content (AvgIpc) is 2.39. The molecular formula is C15H13BrO2. The number of rotatable bonds is 4. The van der Waals surface area contributed by atoms with Crippen LogP contribution >= 0.6 is 15.9 Å². The summed E-state index contributed by atoms with van der Waals surface area (Å²) in [6.07, 6.45) is 0.409. The molecule has 18 heavy (non-hydrogen) atoms. The van der Waals surface area contributed by atoms with Crippen LogP contribution in [0.5, 0.6) is 5.75 Å². The first-order valence-electron chi connectivity index (χ1n) is 5.61. The van der Waals surface area contributed by atoms with Crippen molar-refractivity contribution in [3.8, 4) is 5.75 Å². The number of hydrogen-bond donors (Lipinski definition) is 0. The highest BCUT2D eigenvalue weighted by molar-refractivity contribution is 9.10. The van der Waals surface area contributed by atoms with Gasteiger partial charge in [0.1, 0.15) is 5.75 Å². The molecule has 0 aliphatic heterocycles. The van der Waals surface area contributed by atoms with E-state index in [1.165, 1.54) is 0 Å². The molecular weight excluding hydrogens is 292 g/mol. The molecule has 0 bridgehead atoms. The zero-order valence-corrected chi connectivity index (χ0v) is 11.6. The molecule has 2 aromatic carbocycles. The lowest BCUT2D eigenvalue weighted by Gasteiger charge is -2.06. The highest BCUT2D eigenvalue weighted by Crippen LogP contribution is 2.24. The summed E-state index contributed by atoms with van der Waals surface area (Å²) in [6.45, 7) is 0. The van der Waals surface area contributed by atoms with Gasteiger partial charge in [-0.2, -0.15) is 0 Å². The van der Waals surface area contributed by atoms with Crippen LogP contribution in [-0.4, -0.2) is 12.9 Å². The zero-order valence-electron chi connectivity index (χ0n) is 10.0. The summed E-state index contributed by atoms with van der Waals surface area (Å²) in [5.74, 6) is 0.828. The van der Waals surface area contributed by atoms with Gasteiger partial charge < -0.3 is 4.74 Å². The van der Waals surface area contributed by atoms with E-state index < -0.39 is 0 Å². The molecule has 2 nitrogen and oxygen atoms in total. The molecule has 0 N–H and O–H groups in total. The molecule has 0 fully saturated rings. The third-order valence-corrected chi connectivity index (χ3v) is 3.34. The van der Waals surface area contributed by atoms with E-state index in [9.17, 15) is 4.79 Å². The van der Waals surface area contributed by atoms with Crippen molar-refractivity contribution in [2.75, 3.05) is 7.11 Å². The number of Topliss-reactive ketones (excluding diaryl/α,β-unsaturated/α-hetero) is 1. The van der Waals surface area contributed by atoms with Gasteiger partial charge in [0, 0.05) is 16.5 Å². The predicted molar refractivity (Wildman–Crippen MR) is 75.2 cm³/mol. The molecule has 0 unspecified atom stereocenters. The SMILES string of the molecule is COc1ccc(C(=O)Cc2ccccc2)c(Br)c1. The normalized spacial score (nSPS) is 10.1. The third-order valence-electron chi connectivity index (χ3n) is 2.68. The lowest BCUT2D eigenvalue weighted by molar-refractivity contribution is 0.0992. The molecule has 2 rings (SSSR count). The maximum absolute atomic E-state index is 12.2. The Balaban J connectivity index is 2.19. The summed E-state index contributed by atoms with van der Waals surface area (Å²) in [6, 6.07) is 15.1. The van der Waals surface area contributed by atoms with E-state index in [1.807, 2.05) is 30.3 Å². The molecule has 0 aliphatic rings. The van der Waals surface area contributed by atoms with Crippen molar-refractivity contribution >= 4 is 21.7 Å². The van der Waals surface area contributed by atoms with Crippen molar-refractivity contribution < 1.29 is 9.53 Å². The van der Waals surface area contributed by atoms with E-state index >= 15 is 0 Å². The van der Waals surface area contributed by atoms with Crippen LogP contribution in [0.15, 0.2) is 53.0 Å². The van der Waals surface area contributed by atoms with Gasteiger partial charge in [0.05, 0.1) is 7.11 Å². The van der Waals surface area contributed by atoms with Crippen LogP contribution in [0.1, 0.15) is 15.9 Å². The Kier molecular flexibility index (Phi) is 4.15. The van der Waals surface area contributed by atoms with Gasteiger partial charge in [-0.25, -0.2) is 0 Å². The van der Waals surface area contributed by atoms with Crippen molar-refractivity contribution in [3.05, 3.63) is 64.1 Å². The van der Waals surface area contributed by atoms with Crippen molar-refractivity contribution in [2.45, 2.75) is 6.42 Å². The number of ketones is 1. The first-order valence-corrected chi connectivity index (χ1v) is 6.40. The number of carbonyl (C=O) groups is 1. The van der Waals surface area contributed by atoms with E-state index in [4.69, 9.17) is 4.74 Å². The van der Waals surface area contributed by atoms with Crippen LogP contribution in [0.2, 0.25) is 0 Å². The van der Waals surface area contributed by atoms with Gasteiger partial charge in [-0.3, -0.25) is 4.79 Å². The Labute approximate surface area is 115 Å². The average molecular weight is 305 g/mol. The van der Waals surface area contributed by atoms with E-state index in [0.29, 0.717) is 12.0 Å². The fourth-order valence-electron chi connectivity index (χ4n) is 1.73. The maximum atomic E-state index is 12.2. The first-order chi connectivity index (χ1) is 8.70. The summed E-state index contributed by atoms with van der Waals surface area (Å²) in [4.78, 5) is 12.2. The van der Waals surface area contributed by atoms with Crippen molar-refractivity contribution in [1.29, 1.82) is 0 Å². The van der Waals surface area contributed by atoms with Crippen LogP contribution in [0.3, 0.4) is 0 Å². The van der Waals surface area contributed by atoms with Crippen molar-refractivity contribution in [2.24, 2.45) is 0 Å². The van der Waals surface area contributed by atoms with E-state index in [1.54, 1.807) is 25.3 Å². The quantitative estimate of drug-likeness (QED) is 0.801. The summed E-state index contributed by atoms with van der Waals surface area (Å²) >= 11 is 3.40. The standard InChI is InChI=1S/C15H13BrO2/c1-18-12-7-8-13(14(16)10-12)15(17)9-11-5-3-2-4-6-11/h2-8,10H,9H2,1H3. The zero-order chi connectivity index (χ0) is 13.0. The monoisotopic (exact) mass is 304 g/mol. The molecule has 92 valence electrons. The summed E-state index contributed by atoms with van der Waals surface area (Å²) < 4.78 is 5.87. The largest absolute Gasteiger partial charge is 0.497 e. The van der Waals surface area contributed by atoms with E-state index in [-0.39, 0.29) is 5.78 Å². The summed E-state index contributed by atoms with van der Waals surface area (Å²) in [5.41, 5.74) is 1.70. The highest BCUT2D eigenvalue weighted by atomic mass is 79.9. The van der Waals surface area contributed by atoms with Gasteiger partial charge >= 0.3 is 0 Å². The van der Waals surface area contributed by atoms with E-state index in [2.05, 4.69) is 15.9 Å². The van der Waals surface area contributed by atoms with Gasteiger partial charge in [-0.05, 0) is 39.7 Å². The minimum atomic E-state index is 0.0933. The third kappa shape index (κ3) is 2.99. The number of methoxy groups -OCH3 is 1. The number of hydrogen-bond acceptors (Lipinski definition) is 2. The van der Waals surface area contributed by atoms with E-state index in [0.717, 1.165) is 15.8 Å². The molecule has 0 aliphatic carbocycles. The van der Waals surface area contributed by atoms with Gasteiger partial charge in [0.15, 0.2) is 5.78 Å². The number of halogens is 1. The molecule has 0 saturated heterocycles. The van der Waals surface area contributed by atoms with Gasteiger partial charge in [-0.15, -0.1) is 0 Å². The van der Waals surface area contributed by atoms with Gasteiger partial charge in [0.2, 0.25) is 0 Å². The van der Waals surface area contributed by atoms with Gasteiger partial charge in [0.25, 0.3) is 0 Å². The first kappa shape index (κ1) is 12.8. The van der Waals surface area contributed by atoms with Crippen LogP contribution in [0.25, 0.3) is 0 Å². The molecule has 0 radical (unpaired) electrons. The lowest BCUT2D eigenvalue weighted by Crippen LogP contribution is -2.04. The van der Waals surface area contributed by atoms with Crippen LogP contribution in [0.4, 0.5) is 0 Å².